The lowest BCUT2D eigenvalue weighted by Crippen LogP contribution is -2.32. The minimum Gasteiger partial charge on any atom is -0.383 e. The van der Waals surface area contributed by atoms with Crippen LogP contribution in [0.25, 0.3) is 22.0 Å². The number of carbonyl (C=O) groups is 1. The quantitative estimate of drug-likeness (QED) is 0.278. The monoisotopic (exact) mass is 556 g/mol. The van der Waals surface area contributed by atoms with Gasteiger partial charge in [0.15, 0.2) is 5.60 Å². The summed E-state index contributed by atoms with van der Waals surface area (Å²) in [6.07, 6.45) is 3.24. The molecule has 0 bridgehead atoms. The molecule has 0 aliphatic heterocycles. The molecule has 2 heterocycles. The van der Waals surface area contributed by atoms with E-state index in [1.165, 1.54) is 0 Å². The lowest BCUT2D eigenvalue weighted by atomic mass is 9.82. The molecule has 1 atom stereocenters. The van der Waals surface area contributed by atoms with Crippen molar-refractivity contribution in [3.63, 3.8) is 0 Å². The van der Waals surface area contributed by atoms with Crippen molar-refractivity contribution in [1.29, 1.82) is 0 Å². The molecule has 0 aliphatic carbocycles. The van der Waals surface area contributed by atoms with E-state index in [0.717, 1.165) is 10.9 Å². The van der Waals surface area contributed by atoms with Gasteiger partial charge in [0.2, 0.25) is 0 Å². The molecule has 0 spiro atoms. The molecule has 8 nitrogen and oxygen atoms in total. The van der Waals surface area contributed by atoms with Gasteiger partial charge in [-0.15, -0.1) is 0 Å². The zero-order valence-electron chi connectivity index (χ0n) is 22.4. The lowest BCUT2D eigenvalue weighted by Gasteiger charge is -2.30. The van der Waals surface area contributed by atoms with Gasteiger partial charge in [0.1, 0.15) is 0 Å². The fraction of sp³-hybridized carbons (Fsp3) is 0.194. The normalized spacial score (nSPS) is 12.8. The van der Waals surface area contributed by atoms with Crippen molar-refractivity contribution in [3.8, 4) is 11.1 Å². The van der Waals surface area contributed by atoms with Crippen molar-refractivity contribution in [3.05, 3.63) is 123 Å². The van der Waals surface area contributed by atoms with Gasteiger partial charge in [0, 0.05) is 49.8 Å². The number of nitrogens with one attached hydrogen (secondary N) is 1. The highest BCUT2D eigenvalue weighted by molar-refractivity contribution is 6.30. The number of fused-ring (bicyclic) bond motifs is 1. The van der Waals surface area contributed by atoms with Crippen LogP contribution in [0.4, 0.5) is 0 Å². The number of aromatic nitrogens is 3. The molecule has 2 N–H and O–H groups in total. The minimum atomic E-state index is -1.62. The van der Waals surface area contributed by atoms with Crippen LogP contribution in [0.2, 0.25) is 5.02 Å². The number of imidazole rings is 1. The van der Waals surface area contributed by atoms with Crippen LogP contribution in [0.3, 0.4) is 0 Å². The second kappa shape index (κ2) is 11.1. The smallest absolute Gasteiger partial charge is 0.251 e. The molecule has 40 heavy (non-hydrogen) atoms. The lowest BCUT2D eigenvalue weighted by molar-refractivity contribution is 0.0936. The fourth-order valence-electron chi connectivity index (χ4n) is 4.98. The number of carbonyl (C=O) groups excluding carboxylic acids is 1. The number of amides is 1. The summed E-state index contributed by atoms with van der Waals surface area (Å²) in [6, 6.07) is 21.3. The first kappa shape index (κ1) is 27.3. The predicted molar refractivity (Wildman–Crippen MR) is 156 cm³/mol. The van der Waals surface area contributed by atoms with E-state index in [9.17, 15) is 14.7 Å². The molecule has 9 heteroatoms. The van der Waals surface area contributed by atoms with Gasteiger partial charge in [-0.3, -0.25) is 9.59 Å². The van der Waals surface area contributed by atoms with E-state index < -0.39 is 5.60 Å². The Morgan fingerprint density at radius 2 is 1.80 bits per heavy atom. The Kier molecular flexibility index (Phi) is 7.58. The third kappa shape index (κ3) is 4.93. The van der Waals surface area contributed by atoms with Crippen molar-refractivity contribution in [2.24, 2.45) is 14.1 Å². The Bertz CT molecular complexity index is 1760. The SMILES string of the molecule is COCCNC(=O)c1ccc(C(O)(c2ccc3c(c2)c(-c2cccc(Cl)c2)cc(=O)n3C)c2cncn2C)cc1. The zero-order valence-corrected chi connectivity index (χ0v) is 23.1. The summed E-state index contributed by atoms with van der Waals surface area (Å²) in [5, 5.41) is 16.7. The highest BCUT2D eigenvalue weighted by Gasteiger charge is 2.37. The van der Waals surface area contributed by atoms with Gasteiger partial charge in [-0.25, -0.2) is 4.98 Å². The van der Waals surface area contributed by atoms with Gasteiger partial charge in [0.25, 0.3) is 11.5 Å². The maximum absolute atomic E-state index is 12.8. The van der Waals surface area contributed by atoms with E-state index in [-0.39, 0.29) is 11.5 Å². The Morgan fingerprint density at radius 1 is 1.05 bits per heavy atom. The molecule has 0 saturated carbocycles. The highest BCUT2D eigenvalue weighted by Crippen LogP contribution is 2.39. The average Bonchev–Trinajstić information content (AvgIpc) is 3.40. The summed E-state index contributed by atoms with van der Waals surface area (Å²) in [7, 11) is 5.10. The zero-order chi connectivity index (χ0) is 28.4. The van der Waals surface area contributed by atoms with Crippen LogP contribution in [0.1, 0.15) is 27.2 Å². The van der Waals surface area contributed by atoms with E-state index in [4.69, 9.17) is 16.3 Å². The van der Waals surface area contributed by atoms with Crippen LogP contribution in [0, 0.1) is 0 Å². The number of aryl methyl sites for hydroxylation is 2. The Hall–Kier alpha value is -4.24. The van der Waals surface area contributed by atoms with Crippen molar-refractivity contribution >= 4 is 28.4 Å². The summed E-state index contributed by atoms with van der Waals surface area (Å²) < 4.78 is 8.33. The molecule has 0 radical (unpaired) electrons. The largest absolute Gasteiger partial charge is 0.383 e. The van der Waals surface area contributed by atoms with Crippen LogP contribution < -0.4 is 10.9 Å². The summed E-state index contributed by atoms with van der Waals surface area (Å²) in [5.74, 6) is -0.231. The number of rotatable bonds is 8. The molecular weight excluding hydrogens is 528 g/mol. The molecule has 0 aliphatic rings. The van der Waals surface area contributed by atoms with Gasteiger partial charge >= 0.3 is 0 Å². The van der Waals surface area contributed by atoms with Gasteiger partial charge in [-0.05, 0) is 58.7 Å². The van der Waals surface area contributed by atoms with Crippen LogP contribution in [-0.2, 0) is 24.4 Å². The summed E-state index contributed by atoms with van der Waals surface area (Å²) >= 11 is 6.29. The van der Waals surface area contributed by atoms with E-state index in [1.807, 2.05) is 43.4 Å². The molecular formula is C31H29ClN4O4. The number of benzene rings is 3. The number of hydrogen-bond donors (Lipinski definition) is 2. The molecule has 204 valence electrons. The average molecular weight is 557 g/mol. The number of hydrogen-bond acceptors (Lipinski definition) is 5. The van der Waals surface area contributed by atoms with Gasteiger partial charge in [-0.1, -0.05) is 41.9 Å². The van der Waals surface area contributed by atoms with E-state index in [2.05, 4.69) is 10.3 Å². The van der Waals surface area contributed by atoms with Gasteiger partial charge in [0.05, 0.1) is 30.3 Å². The standard InChI is InChI=1S/C31H29ClN4O4/c1-35-19-33-18-28(35)31(39,22-9-7-20(8-10-22)30(38)34-13-14-40-3)23-11-12-27-26(16-23)25(17-29(37)36(27)2)21-5-4-6-24(32)15-21/h4-12,15-19,39H,13-14H2,1-3H3,(H,34,38). The molecule has 1 unspecified atom stereocenters. The highest BCUT2D eigenvalue weighted by atomic mass is 35.5. The molecule has 3 aromatic carbocycles. The van der Waals surface area contributed by atoms with Gasteiger partial charge in [-0.2, -0.15) is 0 Å². The Labute approximate surface area is 236 Å². The van der Waals surface area contributed by atoms with Crippen LogP contribution >= 0.6 is 11.6 Å². The number of methoxy groups -OCH3 is 1. The topological polar surface area (TPSA) is 98.4 Å². The number of ether oxygens (including phenoxy) is 1. The van der Waals surface area contributed by atoms with Crippen LogP contribution in [0.5, 0.6) is 0 Å². The maximum atomic E-state index is 12.8. The van der Waals surface area contributed by atoms with Crippen molar-refractivity contribution in [2.45, 2.75) is 5.60 Å². The molecule has 0 fully saturated rings. The number of halogens is 1. The summed E-state index contributed by atoms with van der Waals surface area (Å²) in [4.78, 5) is 29.7. The second-order valence-corrected chi connectivity index (χ2v) is 10.1. The first-order valence-electron chi connectivity index (χ1n) is 12.7. The predicted octanol–water partition coefficient (Wildman–Crippen LogP) is 4.25. The summed E-state index contributed by atoms with van der Waals surface area (Å²) in [5.41, 5.74) is 2.56. The third-order valence-corrected chi connectivity index (χ3v) is 7.38. The van der Waals surface area contributed by atoms with E-state index >= 15 is 0 Å². The van der Waals surface area contributed by atoms with Crippen molar-refractivity contribution in [2.75, 3.05) is 20.3 Å². The maximum Gasteiger partial charge on any atom is 0.251 e. The fourth-order valence-corrected chi connectivity index (χ4v) is 5.17. The number of aliphatic hydroxyl groups is 1. The summed E-state index contributed by atoms with van der Waals surface area (Å²) in [6.45, 7) is 0.805. The second-order valence-electron chi connectivity index (χ2n) is 9.62. The molecule has 5 rings (SSSR count). The van der Waals surface area contributed by atoms with Crippen LogP contribution in [0.15, 0.2) is 90.1 Å². The Morgan fingerprint density at radius 3 is 2.48 bits per heavy atom. The number of pyridine rings is 1. The molecule has 1 amide bonds. The van der Waals surface area contributed by atoms with Gasteiger partial charge < -0.3 is 24.3 Å². The molecule has 5 aromatic rings. The number of nitrogens with zero attached hydrogens (tertiary/aromatic N) is 3. The first-order valence-corrected chi connectivity index (χ1v) is 13.1. The van der Waals surface area contributed by atoms with Crippen LogP contribution in [-0.4, -0.2) is 45.4 Å². The van der Waals surface area contributed by atoms with E-state index in [0.29, 0.717) is 51.6 Å². The first-order chi connectivity index (χ1) is 19.2. The molecule has 2 aromatic heterocycles. The van der Waals surface area contributed by atoms with Crippen molar-refractivity contribution < 1.29 is 14.6 Å². The third-order valence-electron chi connectivity index (χ3n) is 7.14. The Balaban J connectivity index is 1.69. The van der Waals surface area contributed by atoms with Crippen molar-refractivity contribution in [1.82, 2.24) is 19.4 Å². The van der Waals surface area contributed by atoms with E-state index in [1.54, 1.807) is 72.2 Å². The molecule has 0 saturated heterocycles. The minimum absolute atomic E-state index is 0.156.